The number of nitrogens with two attached hydrogens (primary N) is 1. The summed E-state index contributed by atoms with van der Waals surface area (Å²) in [5, 5.41) is 4.04. The Balaban J connectivity index is 2.30. The molecule has 0 atom stereocenters. The van der Waals surface area contributed by atoms with E-state index in [1.165, 1.54) is 15.6 Å². The van der Waals surface area contributed by atoms with E-state index in [0.29, 0.717) is 13.1 Å². The van der Waals surface area contributed by atoms with Gasteiger partial charge in [-0.15, -0.1) is 0 Å². The van der Waals surface area contributed by atoms with Gasteiger partial charge in [-0.1, -0.05) is 18.2 Å². The van der Waals surface area contributed by atoms with Gasteiger partial charge in [0.2, 0.25) is 0 Å². The van der Waals surface area contributed by atoms with E-state index in [-0.39, 0.29) is 5.69 Å². The highest BCUT2D eigenvalue weighted by Crippen LogP contribution is 2.11. The Bertz CT molecular complexity index is 582. The second-order valence-electron chi connectivity index (χ2n) is 4.15. The summed E-state index contributed by atoms with van der Waals surface area (Å²) in [5.74, 6) is 0. The molecule has 1 aromatic heterocycles. The SMILES string of the molecule is Cc1cc(CN)ccc1Cn1ncn(C)c1=O. The van der Waals surface area contributed by atoms with Gasteiger partial charge in [0.05, 0.1) is 6.54 Å². The molecule has 0 spiro atoms. The monoisotopic (exact) mass is 232 g/mol. The van der Waals surface area contributed by atoms with Gasteiger partial charge >= 0.3 is 5.69 Å². The van der Waals surface area contributed by atoms with Crippen LogP contribution in [0.2, 0.25) is 0 Å². The van der Waals surface area contributed by atoms with E-state index in [1.807, 2.05) is 25.1 Å². The van der Waals surface area contributed by atoms with Gasteiger partial charge in [-0.05, 0) is 23.6 Å². The lowest BCUT2D eigenvalue weighted by Gasteiger charge is -2.07. The van der Waals surface area contributed by atoms with Gasteiger partial charge in [0.15, 0.2) is 0 Å². The fourth-order valence-corrected chi connectivity index (χ4v) is 1.75. The van der Waals surface area contributed by atoms with Gasteiger partial charge in [0.25, 0.3) is 0 Å². The summed E-state index contributed by atoms with van der Waals surface area (Å²) in [5.41, 5.74) is 8.79. The summed E-state index contributed by atoms with van der Waals surface area (Å²) in [7, 11) is 1.69. The van der Waals surface area contributed by atoms with Gasteiger partial charge in [-0.3, -0.25) is 4.57 Å². The number of aromatic nitrogens is 3. The van der Waals surface area contributed by atoms with Crippen molar-refractivity contribution in [1.82, 2.24) is 14.3 Å². The van der Waals surface area contributed by atoms with Gasteiger partial charge in [-0.2, -0.15) is 5.10 Å². The van der Waals surface area contributed by atoms with Crippen LogP contribution in [0.5, 0.6) is 0 Å². The number of aryl methyl sites for hydroxylation is 2. The maximum absolute atomic E-state index is 11.7. The smallest absolute Gasteiger partial charge is 0.326 e. The van der Waals surface area contributed by atoms with Crippen LogP contribution < -0.4 is 11.4 Å². The lowest BCUT2D eigenvalue weighted by atomic mass is 10.1. The van der Waals surface area contributed by atoms with Crippen molar-refractivity contribution < 1.29 is 0 Å². The minimum Gasteiger partial charge on any atom is -0.326 e. The molecule has 2 aromatic rings. The van der Waals surface area contributed by atoms with Crippen LogP contribution >= 0.6 is 0 Å². The zero-order valence-electron chi connectivity index (χ0n) is 10.1. The van der Waals surface area contributed by atoms with Crippen molar-refractivity contribution in [2.45, 2.75) is 20.0 Å². The molecule has 1 heterocycles. The Kier molecular flexibility index (Phi) is 3.10. The van der Waals surface area contributed by atoms with Crippen molar-refractivity contribution in [2.75, 3.05) is 0 Å². The van der Waals surface area contributed by atoms with E-state index >= 15 is 0 Å². The molecule has 0 amide bonds. The summed E-state index contributed by atoms with van der Waals surface area (Å²) in [6, 6.07) is 6.03. The van der Waals surface area contributed by atoms with Crippen LogP contribution in [0.1, 0.15) is 16.7 Å². The number of nitrogens with zero attached hydrogens (tertiary/aromatic N) is 3. The highest BCUT2D eigenvalue weighted by atomic mass is 16.2. The summed E-state index contributed by atoms with van der Waals surface area (Å²) in [4.78, 5) is 11.7. The lowest BCUT2D eigenvalue weighted by molar-refractivity contribution is 0.644. The van der Waals surface area contributed by atoms with Crippen LogP contribution in [0.4, 0.5) is 0 Å². The van der Waals surface area contributed by atoms with Crippen molar-refractivity contribution in [2.24, 2.45) is 12.8 Å². The molecular weight excluding hydrogens is 216 g/mol. The number of hydrogen-bond acceptors (Lipinski definition) is 3. The second kappa shape index (κ2) is 4.55. The second-order valence-corrected chi connectivity index (χ2v) is 4.15. The molecule has 0 aliphatic rings. The minimum absolute atomic E-state index is 0.104. The molecule has 2 N–H and O–H groups in total. The molecule has 0 unspecified atom stereocenters. The average molecular weight is 232 g/mol. The molecular formula is C12H16N4O. The minimum atomic E-state index is -0.104. The molecule has 0 aliphatic heterocycles. The molecule has 0 saturated heterocycles. The largest absolute Gasteiger partial charge is 0.345 e. The zero-order valence-corrected chi connectivity index (χ0v) is 10.1. The van der Waals surface area contributed by atoms with Gasteiger partial charge in [0, 0.05) is 13.6 Å². The third-order valence-electron chi connectivity index (χ3n) is 2.85. The number of hydrogen-bond donors (Lipinski definition) is 1. The van der Waals surface area contributed by atoms with Crippen LogP contribution in [0.3, 0.4) is 0 Å². The van der Waals surface area contributed by atoms with Gasteiger partial charge in [0.1, 0.15) is 6.33 Å². The van der Waals surface area contributed by atoms with Crippen molar-refractivity contribution in [3.63, 3.8) is 0 Å². The van der Waals surface area contributed by atoms with Crippen LogP contribution in [0, 0.1) is 6.92 Å². The van der Waals surface area contributed by atoms with Crippen molar-refractivity contribution >= 4 is 0 Å². The quantitative estimate of drug-likeness (QED) is 0.833. The molecule has 17 heavy (non-hydrogen) atoms. The summed E-state index contributed by atoms with van der Waals surface area (Å²) in [6.07, 6.45) is 1.52. The maximum atomic E-state index is 11.7. The first-order valence-corrected chi connectivity index (χ1v) is 5.48. The first kappa shape index (κ1) is 11.6. The lowest BCUT2D eigenvalue weighted by Crippen LogP contribution is -2.23. The van der Waals surface area contributed by atoms with E-state index in [2.05, 4.69) is 5.10 Å². The average Bonchev–Trinajstić information content (AvgIpc) is 2.63. The molecule has 1 aromatic carbocycles. The third kappa shape index (κ3) is 2.29. The fraction of sp³-hybridized carbons (Fsp3) is 0.333. The van der Waals surface area contributed by atoms with Crippen LogP contribution in [-0.2, 0) is 20.1 Å². The molecule has 0 radical (unpaired) electrons. The predicted octanol–water partition coefficient (Wildman–Crippen LogP) is 0.397. The highest BCUT2D eigenvalue weighted by molar-refractivity contribution is 5.31. The van der Waals surface area contributed by atoms with Crippen molar-refractivity contribution in [3.8, 4) is 0 Å². The third-order valence-corrected chi connectivity index (χ3v) is 2.85. The summed E-state index contributed by atoms with van der Waals surface area (Å²) in [6.45, 7) is 3.05. The maximum Gasteiger partial charge on any atom is 0.345 e. The van der Waals surface area contributed by atoms with Gasteiger partial charge < -0.3 is 5.73 Å². The zero-order chi connectivity index (χ0) is 12.4. The van der Waals surface area contributed by atoms with E-state index in [0.717, 1.165) is 16.7 Å². The van der Waals surface area contributed by atoms with E-state index in [4.69, 9.17) is 5.73 Å². The molecule has 0 aliphatic carbocycles. The normalized spacial score (nSPS) is 10.8. The summed E-state index contributed by atoms with van der Waals surface area (Å²) < 4.78 is 2.91. The Morgan fingerprint density at radius 3 is 2.71 bits per heavy atom. The standard InChI is InChI=1S/C12H16N4O/c1-9-5-10(6-13)3-4-11(9)7-16-12(17)15(2)8-14-16/h3-5,8H,6-7,13H2,1-2H3. The van der Waals surface area contributed by atoms with Crippen LogP contribution in [-0.4, -0.2) is 14.3 Å². The van der Waals surface area contributed by atoms with Crippen molar-refractivity contribution in [1.29, 1.82) is 0 Å². The molecule has 0 bridgehead atoms. The Morgan fingerprint density at radius 1 is 1.41 bits per heavy atom. The topological polar surface area (TPSA) is 65.8 Å². The molecule has 0 saturated carbocycles. The number of benzene rings is 1. The molecule has 0 fully saturated rings. The van der Waals surface area contributed by atoms with E-state index in [9.17, 15) is 4.79 Å². The van der Waals surface area contributed by atoms with Crippen molar-refractivity contribution in [3.05, 3.63) is 51.7 Å². The summed E-state index contributed by atoms with van der Waals surface area (Å²) >= 11 is 0. The van der Waals surface area contributed by atoms with E-state index in [1.54, 1.807) is 7.05 Å². The molecule has 5 heteroatoms. The highest BCUT2D eigenvalue weighted by Gasteiger charge is 2.05. The molecule has 2 rings (SSSR count). The fourth-order valence-electron chi connectivity index (χ4n) is 1.75. The Labute approximate surface area is 99.5 Å². The molecule has 5 nitrogen and oxygen atoms in total. The molecule has 90 valence electrons. The first-order valence-electron chi connectivity index (χ1n) is 5.48. The Morgan fingerprint density at radius 2 is 2.18 bits per heavy atom. The van der Waals surface area contributed by atoms with E-state index < -0.39 is 0 Å². The van der Waals surface area contributed by atoms with Crippen LogP contribution in [0.15, 0.2) is 29.3 Å². The first-order chi connectivity index (χ1) is 8.11. The van der Waals surface area contributed by atoms with Crippen LogP contribution in [0.25, 0.3) is 0 Å². The predicted molar refractivity (Wildman–Crippen MR) is 65.6 cm³/mol. The number of rotatable bonds is 3. The van der Waals surface area contributed by atoms with Gasteiger partial charge in [-0.25, -0.2) is 9.48 Å². The Hall–Kier alpha value is -1.88.